The highest BCUT2D eigenvalue weighted by Gasteiger charge is 2.10. The molecule has 2 aromatic heterocycles. The van der Waals surface area contributed by atoms with Crippen LogP contribution in [0.2, 0.25) is 0 Å². The van der Waals surface area contributed by atoms with E-state index in [1.807, 2.05) is 7.05 Å². The number of aryl methyl sites for hydroxylation is 1. The van der Waals surface area contributed by atoms with Gasteiger partial charge in [0.2, 0.25) is 0 Å². The molecule has 2 aromatic rings. The molecule has 0 radical (unpaired) electrons. The molecule has 7 nitrogen and oxygen atoms in total. The maximum atomic E-state index is 5.33. The highest BCUT2D eigenvalue weighted by Crippen LogP contribution is 2.28. The van der Waals surface area contributed by atoms with Crippen LogP contribution in [0.4, 0.5) is 0 Å². The molecule has 20 heavy (non-hydrogen) atoms. The first-order chi connectivity index (χ1) is 9.74. The molecule has 0 bridgehead atoms. The summed E-state index contributed by atoms with van der Waals surface area (Å²) in [5.41, 5.74) is 0.820. The van der Waals surface area contributed by atoms with Crippen molar-refractivity contribution in [1.82, 2.24) is 25.1 Å². The summed E-state index contributed by atoms with van der Waals surface area (Å²) in [7, 11) is 5.08. The van der Waals surface area contributed by atoms with Gasteiger partial charge in [-0.3, -0.25) is 9.67 Å². The molecule has 108 valence electrons. The molecule has 0 aliphatic rings. The number of nitrogens with one attached hydrogen (secondary N) is 1. The summed E-state index contributed by atoms with van der Waals surface area (Å²) < 4.78 is 12.3. The summed E-state index contributed by atoms with van der Waals surface area (Å²) in [6.45, 7) is 1.37. The molecule has 1 N–H and O–H groups in total. The largest absolute Gasteiger partial charge is 0.493 e. The lowest BCUT2D eigenvalue weighted by Crippen LogP contribution is -2.18. The standard InChI is InChI=1S/C13H19N5O2/c1-18-9-16-12(17-18)5-6-14-8-10-13(20-3)11(19-2)4-7-15-10/h4,7,9,14H,5-6,8H2,1-3H3. The molecule has 0 aliphatic carbocycles. The van der Waals surface area contributed by atoms with E-state index in [1.165, 1.54) is 0 Å². The molecule has 0 aromatic carbocycles. The molecule has 0 unspecified atom stereocenters. The first-order valence-electron chi connectivity index (χ1n) is 6.35. The van der Waals surface area contributed by atoms with Gasteiger partial charge in [0.25, 0.3) is 0 Å². The second kappa shape index (κ2) is 6.85. The molecule has 0 saturated heterocycles. The van der Waals surface area contributed by atoms with Gasteiger partial charge in [0.05, 0.1) is 19.9 Å². The number of rotatable bonds is 7. The predicted octanol–water partition coefficient (Wildman–Crippen LogP) is 0.560. The lowest BCUT2D eigenvalue weighted by atomic mass is 10.3. The Bertz CT molecular complexity index is 555. The van der Waals surface area contributed by atoms with Gasteiger partial charge in [0, 0.05) is 38.8 Å². The molecule has 2 rings (SSSR count). The summed E-state index contributed by atoms with van der Waals surface area (Å²) in [5, 5.41) is 7.52. The maximum Gasteiger partial charge on any atom is 0.183 e. The van der Waals surface area contributed by atoms with Crippen LogP contribution < -0.4 is 14.8 Å². The van der Waals surface area contributed by atoms with E-state index in [1.54, 1.807) is 37.5 Å². The van der Waals surface area contributed by atoms with E-state index in [4.69, 9.17) is 9.47 Å². The smallest absolute Gasteiger partial charge is 0.183 e. The monoisotopic (exact) mass is 277 g/mol. The molecule has 0 aliphatic heterocycles. The Labute approximate surface area is 118 Å². The van der Waals surface area contributed by atoms with Crippen LogP contribution in [0.5, 0.6) is 11.5 Å². The van der Waals surface area contributed by atoms with Crippen molar-refractivity contribution in [2.75, 3.05) is 20.8 Å². The predicted molar refractivity (Wildman–Crippen MR) is 73.8 cm³/mol. The van der Waals surface area contributed by atoms with Crippen molar-refractivity contribution in [2.45, 2.75) is 13.0 Å². The van der Waals surface area contributed by atoms with Crippen molar-refractivity contribution in [2.24, 2.45) is 7.05 Å². The van der Waals surface area contributed by atoms with Crippen LogP contribution in [0.15, 0.2) is 18.6 Å². The van der Waals surface area contributed by atoms with Gasteiger partial charge in [-0.15, -0.1) is 0 Å². The molecule has 0 saturated carbocycles. The first-order valence-corrected chi connectivity index (χ1v) is 6.35. The summed E-state index contributed by atoms with van der Waals surface area (Å²) in [6.07, 6.45) is 4.17. The fourth-order valence-electron chi connectivity index (χ4n) is 1.88. The van der Waals surface area contributed by atoms with Crippen molar-refractivity contribution in [1.29, 1.82) is 0 Å². The van der Waals surface area contributed by atoms with Gasteiger partial charge in [0.1, 0.15) is 6.33 Å². The minimum absolute atomic E-state index is 0.604. The highest BCUT2D eigenvalue weighted by molar-refractivity contribution is 5.42. The first kappa shape index (κ1) is 14.3. The highest BCUT2D eigenvalue weighted by atomic mass is 16.5. The van der Waals surface area contributed by atoms with Crippen LogP contribution in [0.3, 0.4) is 0 Å². The minimum atomic E-state index is 0.604. The summed E-state index contributed by atoms with van der Waals surface area (Å²) >= 11 is 0. The van der Waals surface area contributed by atoms with Crippen molar-refractivity contribution in [3.63, 3.8) is 0 Å². The fraction of sp³-hybridized carbons (Fsp3) is 0.462. The number of aromatic nitrogens is 4. The third-order valence-electron chi connectivity index (χ3n) is 2.83. The van der Waals surface area contributed by atoms with Crippen LogP contribution >= 0.6 is 0 Å². The second-order valence-corrected chi connectivity index (χ2v) is 4.25. The van der Waals surface area contributed by atoms with Gasteiger partial charge < -0.3 is 14.8 Å². The molecule has 7 heteroatoms. The van der Waals surface area contributed by atoms with Gasteiger partial charge in [-0.05, 0) is 0 Å². The van der Waals surface area contributed by atoms with E-state index < -0.39 is 0 Å². The van der Waals surface area contributed by atoms with Crippen LogP contribution in [0.1, 0.15) is 11.5 Å². The number of pyridine rings is 1. The van der Waals surface area contributed by atoms with Gasteiger partial charge in [-0.2, -0.15) is 5.10 Å². The lowest BCUT2D eigenvalue weighted by Gasteiger charge is -2.11. The number of hydrogen-bond acceptors (Lipinski definition) is 6. The topological polar surface area (TPSA) is 74.1 Å². The number of methoxy groups -OCH3 is 2. The van der Waals surface area contributed by atoms with E-state index >= 15 is 0 Å². The van der Waals surface area contributed by atoms with Crippen LogP contribution in [0, 0.1) is 0 Å². The quantitative estimate of drug-likeness (QED) is 0.745. The molecule has 0 atom stereocenters. The SMILES string of the molecule is COc1ccnc(CNCCc2ncn(C)n2)c1OC. The average molecular weight is 277 g/mol. The molecular formula is C13H19N5O2. The maximum absolute atomic E-state index is 5.33. The Morgan fingerprint density at radius 1 is 1.25 bits per heavy atom. The van der Waals surface area contributed by atoms with E-state index in [0.29, 0.717) is 18.0 Å². The number of ether oxygens (including phenoxy) is 2. The molecular weight excluding hydrogens is 258 g/mol. The molecule has 0 spiro atoms. The van der Waals surface area contributed by atoms with Crippen molar-refractivity contribution < 1.29 is 9.47 Å². The third-order valence-corrected chi connectivity index (χ3v) is 2.83. The second-order valence-electron chi connectivity index (χ2n) is 4.25. The fourth-order valence-corrected chi connectivity index (χ4v) is 1.88. The Morgan fingerprint density at radius 3 is 2.75 bits per heavy atom. The minimum Gasteiger partial charge on any atom is -0.493 e. The Balaban J connectivity index is 1.87. The van der Waals surface area contributed by atoms with E-state index in [-0.39, 0.29) is 0 Å². The van der Waals surface area contributed by atoms with Gasteiger partial charge in [0.15, 0.2) is 17.3 Å². The molecule has 0 amide bonds. The normalized spacial score (nSPS) is 10.6. The summed E-state index contributed by atoms with van der Waals surface area (Å²) in [4.78, 5) is 8.48. The summed E-state index contributed by atoms with van der Waals surface area (Å²) in [6, 6.07) is 1.78. The van der Waals surface area contributed by atoms with Crippen LogP contribution in [0.25, 0.3) is 0 Å². The molecule has 2 heterocycles. The average Bonchev–Trinajstić information content (AvgIpc) is 2.88. The third kappa shape index (κ3) is 3.45. The van der Waals surface area contributed by atoms with Crippen molar-refractivity contribution in [3.8, 4) is 11.5 Å². The number of nitrogens with zero attached hydrogens (tertiary/aromatic N) is 4. The van der Waals surface area contributed by atoms with Gasteiger partial charge in [-0.25, -0.2) is 4.98 Å². The molecule has 0 fully saturated rings. The zero-order valence-corrected chi connectivity index (χ0v) is 12.0. The van der Waals surface area contributed by atoms with Crippen LogP contribution in [-0.2, 0) is 20.0 Å². The number of hydrogen-bond donors (Lipinski definition) is 1. The Morgan fingerprint density at radius 2 is 2.10 bits per heavy atom. The van der Waals surface area contributed by atoms with Gasteiger partial charge in [-0.1, -0.05) is 0 Å². The Hall–Kier alpha value is -2.15. The van der Waals surface area contributed by atoms with Crippen LogP contribution in [-0.4, -0.2) is 40.5 Å². The van der Waals surface area contributed by atoms with E-state index in [9.17, 15) is 0 Å². The van der Waals surface area contributed by atoms with Crippen molar-refractivity contribution in [3.05, 3.63) is 30.1 Å². The zero-order valence-electron chi connectivity index (χ0n) is 12.0. The zero-order chi connectivity index (χ0) is 14.4. The lowest BCUT2D eigenvalue weighted by molar-refractivity contribution is 0.348. The van der Waals surface area contributed by atoms with Crippen molar-refractivity contribution >= 4 is 0 Å². The van der Waals surface area contributed by atoms with E-state index in [0.717, 1.165) is 24.5 Å². The van der Waals surface area contributed by atoms with Gasteiger partial charge >= 0.3 is 0 Å². The Kier molecular flexibility index (Phi) is 4.89. The summed E-state index contributed by atoms with van der Waals surface area (Å²) in [5.74, 6) is 2.18. The van der Waals surface area contributed by atoms with E-state index in [2.05, 4.69) is 20.4 Å².